The van der Waals surface area contributed by atoms with Gasteiger partial charge in [0.2, 0.25) is 11.8 Å². The summed E-state index contributed by atoms with van der Waals surface area (Å²) in [6.07, 6.45) is 4.27. The van der Waals surface area contributed by atoms with Gasteiger partial charge in [-0.3, -0.25) is 29.5 Å². The number of anilines is 2. The number of benzene rings is 4. The normalized spacial score (nSPS) is 26.5. The van der Waals surface area contributed by atoms with Crippen molar-refractivity contribution in [1.29, 1.82) is 0 Å². The van der Waals surface area contributed by atoms with E-state index in [9.17, 15) is 23.9 Å². The number of allylic oxidation sites excluding steroid dienone is 3. The van der Waals surface area contributed by atoms with Crippen LogP contribution in [0.3, 0.4) is 0 Å². The zero-order chi connectivity index (χ0) is 36.5. The van der Waals surface area contributed by atoms with Crippen LogP contribution in [0.15, 0.2) is 120 Å². The molecule has 8 nitrogen and oxygen atoms in total. The van der Waals surface area contributed by atoms with Crippen molar-refractivity contribution < 1.29 is 28.7 Å². The van der Waals surface area contributed by atoms with Gasteiger partial charge in [-0.2, -0.15) is 5.01 Å². The number of imide groups is 2. The van der Waals surface area contributed by atoms with Gasteiger partial charge in [-0.15, -0.1) is 6.58 Å². The second-order valence-corrected chi connectivity index (χ2v) is 15.1. The smallest absolute Gasteiger partial charge is 0.260 e. The van der Waals surface area contributed by atoms with Crippen LogP contribution in [0.2, 0.25) is 5.02 Å². The molecule has 262 valence electrons. The first-order valence-electron chi connectivity index (χ1n) is 17.0. The molecule has 4 aromatic carbocycles. The average molecular weight is 781 g/mol. The van der Waals surface area contributed by atoms with Gasteiger partial charge < -0.3 is 5.11 Å². The van der Waals surface area contributed by atoms with Gasteiger partial charge in [-0.25, -0.2) is 4.39 Å². The number of fused-ring (bicyclic) bond motifs is 4. The van der Waals surface area contributed by atoms with Crippen LogP contribution in [0.5, 0.6) is 5.75 Å². The van der Waals surface area contributed by atoms with Gasteiger partial charge in [0.25, 0.3) is 11.8 Å². The minimum Gasteiger partial charge on any atom is -0.507 e. The highest BCUT2D eigenvalue weighted by atomic mass is 79.9. The molecular formula is C41H32BrClFN3O5. The maximum atomic E-state index is 15.3. The van der Waals surface area contributed by atoms with Crippen LogP contribution in [0.4, 0.5) is 15.8 Å². The van der Waals surface area contributed by atoms with Crippen molar-refractivity contribution in [2.24, 2.45) is 23.7 Å². The molecule has 8 rings (SSSR count). The molecule has 4 amide bonds. The largest absolute Gasteiger partial charge is 0.507 e. The summed E-state index contributed by atoms with van der Waals surface area (Å²) in [5, 5.41) is 13.4. The Labute approximate surface area is 312 Å². The second kappa shape index (κ2) is 12.9. The van der Waals surface area contributed by atoms with Crippen LogP contribution in [-0.2, 0) is 31.0 Å². The fourth-order valence-electron chi connectivity index (χ4n) is 9.01. The number of hydrazine groups is 1. The third-order valence-corrected chi connectivity index (χ3v) is 11.9. The molecule has 6 atom stereocenters. The van der Waals surface area contributed by atoms with Gasteiger partial charge in [-0.1, -0.05) is 75.6 Å². The number of hydrogen-bond donors (Lipinski definition) is 2. The molecule has 0 radical (unpaired) electrons. The first kappa shape index (κ1) is 34.0. The molecule has 0 unspecified atom stereocenters. The van der Waals surface area contributed by atoms with Crippen LogP contribution in [-0.4, -0.2) is 33.7 Å². The molecule has 0 aromatic heterocycles. The Morgan fingerprint density at radius 1 is 0.923 bits per heavy atom. The number of rotatable bonds is 7. The third kappa shape index (κ3) is 5.06. The highest BCUT2D eigenvalue weighted by Crippen LogP contribution is 2.65. The number of carbonyl (C=O) groups is 4. The second-order valence-electron chi connectivity index (χ2n) is 13.7. The van der Waals surface area contributed by atoms with E-state index >= 15 is 4.79 Å². The zero-order valence-electron chi connectivity index (χ0n) is 27.6. The molecule has 3 fully saturated rings. The highest BCUT2D eigenvalue weighted by Gasteiger charge is 2.70. The molecule has 1 saturated carbocycles. The van der Waals surface area contributed by atoms with Gasteiger partial charge in [0.15, 0.2) is 0 Å². The van der Waals surface area contributed by atoms with E-state index in [0.717, 1.165) is 9.48 Å². The van der Waals surface area contributed by atoms with Crippen LogP contribution in [0, 0.1) is 29.5 Å². The van der Waals surface area contributed by atoms with Crippen molar-refractivity contribution in [1.82, 2.24) is 5.01 Å². The van der Waals surface area contributed by atoms with Gasteiger partial charge in [0, 0.05) is 21.0 Å². The molecule has 2 aliphatic heterocycles. The number of nitrogens with zero attached hydrogens (tertiary/aromatic N) is 2. The topological polar surface area (TPSA) is 107 Å². The number of hydrogen-bond acceptors (Lipinski definition) is 6. The Hall–Kier alpha value is -5.06. The number of amides is 4. The summed E-state index contributed by atoms with van der Waals surface area (Å²) in [6.45, 7) is 3.84. The first-order chi connectivity index (χ1) is 25.1. The lowest BCUT2D eigenvalue weighted by atomic mass is 9.49. The van der Waals surface area contributed by atoms with Crippen molar-refractivity contribution in [3.63, 3.8) is 0 Å². The lowest BCUT2D eigenvalue weighted by Gasteiger charge is -2.50. The van der Waals surface area contributed by atoms with E-state index in [0.29, 0.717) is 45.1 Å². The number of aromatic hydroxyl groups is 1. The summed E-state index contributed by atoms with van der Waals surface area (Å²) in [5.41, 5.74) is 4.32. The van der Waals surface area contributed by atoms with E-state index in [1.807, 2.05) is 6.08 Å². The minimum absolute atomic E-state index is 0.0429. The van der Waals surface area contributed by atoms with E-state index in [1.165, 1.54) is 29.2 Å². The van der Waals surface area contributed by atoms with Gasteiger partial charge in [0.1, 0.15) is 11.6 Å². The van der Waals surface area contributed by atoms with E-state index in [2.05, 4.69) is 27.9 Å². The molecule has 2 saturated heterocycles. The van der Waals surface area contributed by atoms with Gasteiger partial charge in [0.05, 0.1) is 34.5 Å². The number of phenols is 1. The molecule has 2 heterocycles. The van der Waals surface area contributed by atoms with Gasteiger partial charge in [-0.05, 0) is 97.0 Å². The van der Waals surface area contributed by atoms with Crippen molar-refractivity contribution in [2.75, 3.05) is 10.3 Å². The molecule has 11 heteroatoms. The Kier molecular flexibility index (Phi) is 8.42. The van der Waals surface area contributed by atoms with Crippen LogP contribution in [0.1, 0.15) is 35.4 Å². The number of halogens is 3. The maximum absolute atomic E-state index is 15.3. The number of nitrogens with one attached hydrogen (secondary N) is 1. The Balaban J connectivity index is 1.34. The van der Waals surface area contributed by atoms with E-state index in [1.54, 1.807) is 72.8 Å². The van der Waals surface area contributed by atoms with Crippen molar-refractivity contribution in [3.05, 3.63) is 147 Å². The SMILES string of the molecule is C=CCc1cccc([C@H]2C3=CC[C@@H]4C(=O)N(c5ccc(Br)cc5)C(=O)[C@@H]4[C@@H]3C[C@H]3C(=O)N(Nc4ccc(F)cc4)C(=O)[C@@]23c2ccc(Cl)cc2)c1O. The minimum atomic E-state index is -1.61. The maximum Gasteiger partial charge on any atom is 0.260 e. The van der Waals surface area contributed by atoms with E-state index in [4.69, 9.17) is 11.6 Å². The molecule has 0 bridgehead atoms. The van der Waals surface area contributed by atoms with Crippen LogP contribution >= 0.6 is 27.5 Å². The molecule has 52 heavy (non-hydrogen) atoms. The lowest BCUT2D eigenvalue weighted by molar-refractivity contribution is -0.138. The highest BCUT2D eigenvalue weighted by molar-refractivity contribution is 9.10. The Morgan fingerprint density at radius 3 is 2.33 bits per heavy atom. The summed E-state index contributed by atoms with van der Waals surface area (Å²) in [4.78, 5) is 59.8. The van der Waals surface area contributed by atoms with Crippen LogP contribution in [0.25, 0.3) is 0 Å². The van der Waals surface area contributed by atoms with Crippen molar-refractivity contribution in [2.45, 2.75) is 30.6 Å². The number of para-hydroxylation sites is 1. The first-order valence-corrected chi connectivity index (χ1v) is 18.1. The summed E-state index contributed by atoms with van der Waals surface area (Å²) in [6, 6.07) is 24.4. The molecular weight excluding hydrogens is 749 g/mol. The lowest BCUT2D eigenvalue weighted by Crippen LogP contribution is -2.53. The fourth-order valence-corrected chi connectivity index (χ4v) is 9.40. The Morgan fingerprint density at radius 2 is 1.63 bits per heavy atom. The summed E-state index contributed by atoms with van der Waals surface area (Å²) in [7, 11) is 0. The van der Waals surface area contributed by atoms with E-state index < -0.39 is 52.6 Å². The fraction of sp³-hybridized carbons (Fsp3) is 0.220. The predicted molar refractivity (Wildman–Crippen MR) is 198 cm³/mol. The number of phenolic OH excluding ortho intramolecular Hbond substituents is 1. The standard InChI is InChI=1S/C41H32BrClFN3O5/c1-2-4-22-5-3-6-31(36(22)48)35-29-19-20-30-34(39(51)46(37(30)49)28-17-9-24(42)10-18-28)32(29)21-33-38(50)47(45-27-15-13-26(44)14-16-27)40(52)41(33,35)23-7-11-25(43)12-8-23/h2-3,5-19,30,32-35,45,48H,1,4,20-21H2/t30-,32+,33-,34-,35+,41+/m0/s1. The van der Waals surface area contributed by atoms with E-state index in [-0.39, 0.29) is 30.4 Å². The predicted octanol–water partition coefficient (Wildman–Crippen LogP) is 7.87. The third-order valence-electron chi connectivity index (χ3n) is 11.2. The molecule has 2 aliphatic carbocycles. The quantitative estimate of drug-likeness (QED) is 0.146. The zero-order valence-corrected chi connectivity index (χ0v) is 30.0. The van der Waals surface area contributed by atoms with Crippen LogP contribution < -0.4 is 10.3 Å². The van der Waals surface area contributed by atoms with Crippen molar-refractivity contribution in [3.8, 4) is 5.75 Å². The van der Waals surface area contributed by atoms with Gasteiger partial charge >= 0.3 is 0 Å². The average Bonchev–Trinajstić information content (AvgIpc) is 3.52. The summed E-state index contributed by atoms with van der Waals surface area (Å²) >= 11 is 9.79. The number of carbonyl (C=O) groups excluding carboxylic acids is 4. The molecule has 4 aliphatic rings. The summed E-state index contributed by atoms with van der Waals surface area (Å²) in [5.74, 6) is -6.37. The Bertz CT molecular complexity index is 2190. The molecule has 4 aromatic rings. The monoisotopic (exact) mass is 779 g/mol. The molecule has 0 spiro atoms. The van der Waals surface area contributed by atoms with Crippen molar-refractivity contribution >= 4 is 62.5 Å². The summed E-state index contributed by atoms with van der Waals surface area (Å²) < 4.78 is 14.7. The molecule has 2 N–H and O–H groups in total.